The van der Waals surface area contributed by atoms with E-state index in [4.69, 9.17) is 4.43 Å². The lowest BCUT2D eigenvalue weighted by Gasteiger charge is -2.40. The van der Waals surface area contributed by atoms with Gasteiger partial charge in [0.2, 0.25) is 23.6 Å². The van der Waals surface area contributed by atoms with Crippen molar-refractivity contribution in [2.24, 2.45) is 0 Å². The summed E-state index contributed by atoms with van der Waals surface area (Å²) in [5, 5.41) is 3.09. The number of hydrogen-bond donors (Lipinski definition) is 1. The van der Waals surface area contributed by atoms with Gasteiger partial charge in [-0.1, -0.05) is 111 Å². The molecular formula is C46H62N4O5Si. The van der Waals surface area contributed by atoms with Crippen LogP contribution in [0.1, 0.15) is 95.2 Å². The quantitative estimate of drug-likeness (QED) is 0.0831. The summed E-state index contributed by atoms with van der Waals surface area (Å²) >= 11 is 0. The number of carbonyl (C=O) groups excluding carboxylic acids is 4. The van der Waals surface area contributed by atoms with Gasteiger partial charge in [0.15, 0.2) is 8.32 Å². The number of rotatable bonds is 18. The van der Waals surface area contributed by atoms with E-state index in [1.807, 2.05) is 98.0 Å². The molecule has 3 aromatic rings. The van der Waals surface area contributed by atoms with Gasteiger partial charge >= 0.3 is 0 Å². The van der Waals surface area contributed by atoms with Crippen molar-refractivity contribution in [3.8, 4) is 0 Å². The summed E-state index contributed by atoms with van der Waals surface area (Å²) in [5.74, 6) is -0.217. The van der Waals surface area contributed by atoms with Crippen LogP contribution in [0.5, 0.6) is 0 Å². The Bertz CT molecular complexity index is 1670. The molecule has 2 unspecified atom stereocenters. The van der Waals surface area contributed by atoms with Crippen LogP contribution in [0.25, 0.3) is 0 Å². The number of likely N-dealkylation sites (N-methyl/N-ethyl adjacent to an activating group) is 1. The molecular weight excluding hydrogens is 717 g/mol. The summed E-state index contributed by atoms with van der Waals surface area (Å²) in [6.07, 6.45) is 6.52. The molecule has 1 N–H and O–H groups in total. The predicted octanol–water partition coefficient (Wildman–Crippen LogP) is 7.30. The summed E-state index contributed by atoms with van der Waals surface area (Å²) in [5.41, 5.74) is 2.81. The lowest BCUT2D eigenvalue weighted by Crippen LogP contribution is -2.56. The van der Waals surface area contributed by atoms with Gasteiger partial charge in [0.1, 0.15) is 17.5 Å². The Morgan fingerprint density at radius 3 is 1.82 bits per heavy atom. The summed E-state index contributed by atoms with van der Waals surface area (Å²) in [6, 6.07) is 29.6. The maximum Gasteiger partial charge on any atom is 0.246 e. The van der Waals surface area contributed by atoms with E-state index in [0.717, 1.165) is 67.9 Å². The van der Waals surface area contributed by atoms with Gasteiger partial charge in [-0.2, -0.15) is 0 Å². The highest BCUT2D eigenvalue weighted by atomic mass is 28.4. The molecule has 0 spiro atoms. The Labute approximate surface area is 335 Å². The van der Waals surface area contributed by atoms with Crippen molar-refractivity contribution in [2.75, 3.05) is 39.8 Å². The van der Waals surface area contributed by atoms with Crippen LogP contribution in [-0.4, -0.2) is 98.6 Å². The lowest BCUT2D eigenvalue weighted by molar-refractivity contribution is -0.149. The number of benzene rings is 3. The zero-order valence-corrected chi connectivity index (χ0v) is 35.0. The van der Waals surface area contributed by atoms with Crippen molar-refractivity contribution in [1.29, 1.82) is 0 Å². The van der Waals surface area contributed by atoms with Crippen molar-refractivity contribution >= 4 is 31.9 Å². The molecule has 4 atom stereocenters. The average molecular weight is 779 g/mol. The zero-order chi connectivity index (χ0) is 39.7. The fraction of sp³-hybridized carbons (Fsp3) is 0.522. The number of nitrogens with zero attached hydrogens (tertiary/aromatic N) is 3. The van der Waals surface area contributed by atoms with Crippen LogP contribution >= 0.6 is 0 Å². The molecule has 0 radical (unpaired) electrons. The Morgan fingerprint density at radius 2 is 1.29 bits per heavy atom. The number of hydrogen-bond acceptors (Lipinski definition) is 5. The molecule has 0 aliphatic carbocycles. The van der Waals surface area contributed by atoms with E-state index in [-0.39, 0.29) is 23.6 Å². The minimum Gasteiger partial charge on any atom is -0.417 e. The van der Waals surface area contributed by atoms with Crippen molar-refractivity contribution in [1.82, 2.24) is 20.0 Å². The van der Waals surface area contributed by atoms with Gasteiger partial charge in [-0.15, -0.1) is 0 Å². The third-order valence-corrected chi connectivity index (χ3v) is 18.7. The topological polar surface area (TPSA) is 99.3 Å². The Kier molecular flexibility index (Phi) is 13.9. The Hall–Kier alpha value is -4.28. The summed E-state index contributed by atoms with van der Waals surface area (Å²) in [4.78, 5) is 61.5. The second-order valence-corrected chi connectivity index (χ2v) is 20.7. The van der Waals surface area contributed by atoms with Crippen LogP contribution < -0.4 is 5.32 Å². The van der Waals surface area contributed by atoms with Gasteiger partial charge in [0.05, 0.1) is 0 Å². The Morgan fingerprint density at radius 1 is 0.750 bits per heavy atom. The van der Waals surface area contributed by atoms with E-state index in [0.29, 0.717) is 56.5 Å². The zero-order valence-electron chi connectivity index (χ0n) is 34.0. The van der Waals surface area contributed by atoms with Gasteiger partial charge in [-0.3, -0.25) is 19.2 Å². The highest BCUT2D eigenvalue weighted by Crippen LogP contribution is 2.61. The van der Waals surface area contributed by atoms with E-state index < -0.39 is 25.8 Å². The van der Waals surface area contributed by atoms with Gasteiger partial charge in [0, 0.05) is 46.3 Å². The fourth-order valence-corrected chi connectivity index (χ4v) is 14.7. The van der Waals surface area contributed by atoms with Crippen molar-refractivity contribution in [3.63, 3.8) is 0 Å². The SMILES string of the molecule is CCO[Si]1(CCCNC(=O)CCCCCN(C)C(=O)[C@@H]2CCCN2C(=O)[C@@H]2CCCN2C(=O)C(c2ccccc2)(c2ccccc2)c2ccccc2)C(C)C1C. The van der Waals surface area contributed by atoms with Gasteiger partial charge in [-0.25, -0.2) is 0 Å². The molecule has 300 valence electrons. The van der Waals surface area contributed by atoms with Crippen LogP contribution in [0.15, 0.2) is 91.0 Å². The van der Waals surface area contributed by atoms with E-state index in [1.54, 1.807) is 14.7 Å². The van der Waals surface area contributed by atoms with Crippen LogP contribution in [0.4, 0.5) is 0 Å². The molecule has 56 heavy (non-hydrogen) atoms. The van der Waals surface area contributed by atoms with E-state index >= 15 is 4.79 Å². The van der Waals surface area contributed by atoms with Gasteiger partial charge in [-0.05, 0) is 85.7 Å². The molecule has 10 heteroatoms. The highest BCUT2D eigenvalue weighted by Gasteiger charge is 2.62. The number of likely N-dealkylation sites (tertiary alicyclic amines) is 2. The molecule has 3 heterocycles. The maximum atomic E-state index is 15.3. The fourth-order valence-electron chi connectivity index (χ4n) is 9.64. The third kappa shape index (κ3) is 8.52. The van der Waals surface area contributed by atoms with Crippen LogP contribution in [0, 0.1) is 0 Å². The number of unbranched alkanes of at least 4 members (excludes halogenated alkanes) is 2. The molecule has 4 amide bonds. The molecule has 3 aliphatic heterocycles. The minimum absolute atomic E-state index is 0.0515. The lowest BCUT2D eigenvalue weighted by atomic mass is 9.68. The first-order chi connectivity index (χ1) is 27.2. The molecule has 0 bridgehead atoms. The van der Waals surface area contributed by atoms with Crippen LogP contribution in [-0.2, 0) is 29.0 Å². The van der Waals surface area contributed by atoms with Crippen molar-refractivity contribution < 1.29 is 23.6 Å². The first-order valence-corrected chi connectivity index (χ1v) is 23.4. The second kappa shape index (κ2) is 18.8. The highest BCUT2D eigenvalue weighted by molar-refractivity contribution is 6.87. The molecule has 6 rings (SSSR count). The second-order valence-electron chi connectivity index (χ2n) is 16.2. The van der Waals surface area contributed by atoms with Crippen molar-refractivity contribution in [3.05, 3.63) is 108 Å². The first-order valence-electron chi connectivity index (χ1n) is 21.1. The third-order valence-electron chi connectivity index (χ3n) is 13.0. The van der Waals surface area contributed by atoms with Gasteiger partial charge in [0.25, 0.3) is 0 Å². The van der Waals surface area contributed by atoms with E-state index in [2.05, 4.69) is 26.1 Å². The molecule has 3 aromatic carbocycles. The Balaban J connectivity index is 1.04. The molecule has 3 aliphatic rings. The van der Waals surface area contributed by atoms with E-state index in [1.165, 1.54) is 0 Å². The predicted molar refractivity (Wildman–Crippen MR) is 223 cm³/mol. The van der Waals surface area contributed by atoms with Crippen LogP contribution in [0.2, 0.25) is 17.1 Å². The molecule has 0 aromatic heterocycles. The maximum absolute atomic E-state index is 15.3. The number of amides is 4. The molecule has 3 saturated heterocycles. The van der Waals surface area contributed by atoms with Gasteiger partial charge < -0.3 is 24.4 Å². The number of nitrogens with one attached hydrogen (secondary N) is 1. The monoisotopic (exact) mass is 778 g/mol. The molecule has 3 fully saturated rings. The molecule has 9 nitrogen and oxygen atoms in total. The smallest absolute Gasteiger partial charge is 0.246 e. The summed E-state index contributed by atoms with van der Waals surface area (Å²) in [7, 11) is 0.228. The molecule has 0 saturated carbocycles. The van der Waals surface area contributed by atoms with E-state index in [9.17, 15) is 14.4 Å². The minimum atomic E-state index is -1.59. The van der Waals surface area contributed by atoms with Crippen LogP contribution in [0.3, 0.4) is 0 Å². The summed E-state index contributed by atoms with van der Waals surface area (Å²) < 4.78 is 6.20. The van der Waals surface area contributed by atoms with Crippen molar-refractivity contribution in [2.45, 2.75) is 113 Å². The number of carbonyl (C=O) groups is 4. The first kappa shape index (κ1) is 41.4. The summed E-state index contributed by atoms with van der Waals surface area (Å²) in [6.45, 7) is 9.73. The standard InChI is InChI=1S/C46H62N4O5Si/c1-5-55-56(35(2)36(56)3)34-20-30-47-42(51)29-16-9-17-31-48(4)43(52)40-27-18-32-49(40)44(53)41-28-19-33-50(41)45(54)46(37-21-10-6-11-22-37,38-23-12-7-13-24-38)39-25-14-8-15-26-39/h6-8,10-15,21-26,35-36,40-41H,5,9,16-20,27-34H2,1-4H3,(H,47,51)/t35?,36?,40-,41-,56?/m0/s1. The largest absolute Gasteiger partial charge is 0.417 e. The normalized spacial score (nSPS) is 23.2. The average Bonchev–Trinajstić information content (AvgIpc) is 3.71.